The van der Waals surface area contributed by atoms with Crippen LogP contribution in [0.1, 0.15) is 64.2 Å². The van der Waals surface area contributed by atoms with Crippen LogP contribution in [0.15, 0.2) is 0 Å². The van der Waals surface area contributed by atoms with Gasteiger partial charge in [-0.2, -0.15) is 0 Å². The van der Waals surface area contributed by atoms with Crippen molar-refractivity contribution in [1.29, 1.82) is 0 Å². The Morgan fingerprint density at radius 2 is 1.17 bits per heavy atom. The summed E-state index contributed by atoms with van der Waals surface area (Å²) in [5.41, 5.74) is 0. The first-order valence-electron chi connectivity index (χ1n) is 9.33. The first-order valence-corrected chi connectivity index (χ1v) is 9.33. The molecule has 6 heteroatoms. The second-order valence-corrected chi connectivity index (χ2v) is 7.02. The topological polar surface area (TPSA) is 71.1 Å². The summed E-state index contributed by atoms with van der Waals surface area (Å²) in [7, 11) is 0. The van der Waals surface area contributed by atoms with Gasteiger partial charge in [0.25, 0.3) is 0 Å². The van der Waals surface area contributed by atoms with Crippen LogP contribution in [0.5, 0.6) is 0 Å². The van der Waals surface area contributed by atoms with Gasteiger partial charge in [-0.3, -0.25) is 9.59 Å². The molecule has 0 radical (unpaired) electrons. The Kier molecular flexibility index (Phi) is 6.49. The predicted octanol–water partition coefficient (Wildman–Crippen LogP) is 2.52. The molecular formula is C18H28O6. The van der Waals surface area contributed by atoms with Crippen LogP contribution in [0.2, 0.25) is 0 Å². The maximum absolute atomic E-state index is 12.1. The Hall–Kier alpha value is -1.14. The number of ether oxygens (including phenoxy) is 4. The summed E-state index contributed by atoms with van der Waals surface area (Å²) in [6.07, 6.45) is 7.29. The van der Waals surface area contributed by atoms with E-state index in [1.165, 1.54) is 0 Å². The monoisotopic (exact) mass is 340 g/mol. The van der Waals surface area contributed by atoms with Crippen molar-refractivity contribution >= 4 is 11.9 Å². The molecule has 0 aromatic rings. The molecule has 1 saturated carbocycles. The second kappa shape index (κ2) is 8.81. The van der Waals surface area contributed by atoms with E-state index >= 15 is 0 Å². The van der Waals surface area contributed by atoms with Crippen molar-refractivity contribution in [2.75, 3.05) is 13.2 Å². The van der Waals surface area contributed by atoms with Gasteiger partial charge in [0.05, 0.1) is 25.0 Å². The van der Waals surface area contributed by atoms with Crippen LogP contribution in [-0.4, -0.2) is 49.6 Å². The predicted molar refractivity (Wildman–Crippen MR) is 85.4 cm³/mol. The van der Waals surface area contributed by atoms with E-state index in [-0.39, 0.29) is 36.4 Å². The van der Waals surface area contributed by atoms with E-state index in [1.54, 1.807) is 0 Å². The summed E-state index contributed by atoms with van der Waals surface area (Å²) in [4.78, 5) is 24.2. The van der Waals surface area contributed by atoms with Gasteiger partial charge in [-0.15, -0.1) is 0 Å². The maximum atomic E-state index is 12.1. The van der Waals surface area contributed by atoms with Gasteiger partial charge in [0, 0.05) is 13.2 Å². The first-order chi connectivity index (χ1) is 11.7. The highest BCUT2D eigenvalue weighted by Gasteiger charge is 2.33. The van der Waals surface area contributed by atoms with E-state index in [9.17, 15) is 9.59 Å². The lowest BCUT2D eigenvalue weighted by Crippen LogP contribution is -2.38. The van der Waals surface area contributed by atoms with Crippen LogP contribution in [0.25, 0.3) is 0 Å². The van der Waals surface area contributed by atoms with Gasteiger partial charge >= 0.3 is 11.9 Å². The van der Waals surface area contributed by atoms with Crippen LogP contribution in [0.4, 0.5) is 0 Å². The third-order valence-electron chi connectivity index (χ3n) is 5.04. The number of carbonyl (C=O) groups excluding carboxylic acids is 2. The third kappa shape index (κ3) is 5.18. The van der Waals surface area contributed by atoms with E-state index in [1.807, 2.05) is 0 Å². The summed E-state index contributed by atoms with van der Waals surface area (Å²) < 4.78 is 22.2. The van der Waals surface area contributed by atoms with Crippen molar-refractivity contribution in [2.45, 2.75) is 88.6 Å². The highest BCUT2D eigenvalue weighted by molar-refractivity contribution is 5.71. The fourth-order valence-corrected chi connectivity index (χ4v) is 3.75. The molecule has 2 heterocycles. The van der Waals surface area contributed by atoms with E-state index in [4.69, 9.17) is 18.9 Å². The Labute approximate surface area is 143 Å². The zero-order chi connectivity index (χ0) is 16.8. The molecule has 0 spiro atoms. The average Bonchev–Trinajstić information content (AvgIpc) is 3.23. The summed E-state index contributed by atoms with van der Waals surface area (Å²) in [6, 6.07) is 0. The minimum Gasteiger partial charge on any atom is -0.458 e. The SMILES string of the molecule is O=C(C[C@H]1CCCO1)O[C@@H]1CCCC[C@H]1OC(=O)C[C@@H]1CCCO1. The Morgan fingerprint density at radius 1 is 0.708 bits per heavy atom. The number of esters is 2. The smallest absolute Gasteiger partial charge is 0.308 e. The van der Waals surface area contributed by atoms with Crippen molar-refractivity contribution in [2.24, 2.45) is 0 Å². The van der Waals surface area contributed by atoms with Crippen molar-refractivity contribution in [3.8, 4) is 0 Å². The molecule has 3 fully saturated rings. The molecule has 6 nitrogen and oxygen atoms in total. The van der Waals surface area contributed by atoms with Crippen LogP contribution < -0.4 is 0 Å². The van der Waals surface area contributed by atoms with Gasteiger partial charge in [0.2, 0.25) is 0 Å². The largest absolute Gasteiger partial charge is 0.458 e. The summed E-state index contributed by atoms with van der Waals surface area (Å²) >= 11 is 0. The molecule has 2 saturated heterocycles. The van der Waals surface area contributed by atoms with Crippen molar-refractivity contribution < 1.29 is 28.5 Å². The fraction of sp³-hybridized carbons (Fsp3) is 0.889. The molecule has 3 rings (SSSR count). The molecule has 1 aliphatic carbocycles. The average molecular weight is 340 g/mol. The number of hydrogen-bond acceptors (Lipinski definition) is 6. The molecule has 4 atom stereocenters. The minimum atomic E-state index is -0.318. The number of rotatable bonds is 6. The lowest BCUT2D eigenvalue weighted by Gasteiger charge is -2.31. The molecule has 24 heavy (non-hydrogen) atoms. The van der Waals surface area contributed by atoms with Gasteiger partial charge in [-0.1, -0.05) is 0 Å². The molecule has 0 aromatic heterocycles. The zero-order valence-corrected chi connectivity index (χ0v) is 14.2. The molecule has 3 aliphatic rings. The van der Waals surface area contributed by atoms with Gasteiger partial charge in [-0.25, -0.2) is 0 Å². The molecule has 0 aromatic carbocycles. The summed E-state index contributed by atoms with van der Waals surface area (Å²) in [6.45, 7) is 1.45. The van der Waals surface area contributed by atoms with Crippen molar-refractivity contribution in [3.63, 3.8) is 0 Å². The number of hydrogen-bond donors (Lipinski definition) is 0. The Bertz CT molecular complexity index is 385. The molecule has 0 amide bonds. The lowest BCUT2D eigenvalue weighted by molar-refractivity contribution is -0.174. The van der Waals surface area contributed by atoms with Gasteiger partial charge in [-0.05, 0) is 51.4 Å². The van der Waals surface area contributed by atoms with Crippen molar-refractivity contribution in [3.05, 3.63) is 0 Å². The highest BCUT2D eigenvalue weighted by atomic mass is 16.6. The van der Waals surface area contributed by atoms with Crippen LogP contribution in [0.3, 0.4) is 0 Å². The second-order valence-electron chi connectivity index (χ2n) is 7.02. The molecule has 2 aliphatic heterocycles. The van der Waals surface area contributed by atoms with Gasteiger partial charge in [0.15, 0.2) is 0 Å². The standard InChI is InChI=1S/C18H28O6/c19-17(11-13-5-3-9-21-13)23-15-7-1-2-8-16(15)24-18(20)12-14-6-4-10-22-14/h13-16H,1-12H2/t13-,14+,15-,16-/m1/s1. The van der Waals surface area contributed by atoms with Crippen LogP contribution >= 0.6 is 0 Å². The highest BCUT2D eigenvalue weighted by Crippen LogP contribution is 2.26. The van der Waals surface area contributed by atoms with Crippen LogP contribution in [-0.2, 0) is 28.5 Å². The fourth-order valence-electron chi connectivity index (χ4n) is 3.75. The molecule has 0 unspecified atom stereocenters. The van der Waals surface area contributed by atoms with E-state index in [0.29, 0.717) is 12.8 Å². The van der Waals surface area contributed by atoms with E-state index in [2.05, 4.69) is 0 Å². The summed E-state index contributed by atoms with van der Waals surface area (Å²) in [5, 5.41) is 0. The lowest BCUT2D eigenvalue weighted by atomic mass is 9.94. The minimum absolute atomic E-state index is 0.0124. The van der Waals surface area contributed by atoms with Gasteiger partial charge in [0.1, 0.15) is 12.2 Å². The third-order valence-corrected chi connectivity index (χ3v) is 5.04. The van der Waals surface area contributed by atoms with E-state index < -0.39 is 0 Å². The maximum Gasteiger partial charge on any atom is 0.308 e. The first kappa shape index (κ1) is 17.7. The molecule has 0 bridgehead atoms. The molecule has 0 N–H and O–H groups in total. The Morgan fingerprint density at radius 3 is 1.54 bits per heavy atom. The number of carbonyl (C=O) groups is 2. The van der Waals surface area contributed by atoms with Gasteiger partial charge < -0.3 is 18.9 Å². The van der Waals surface area contributed by atoms with Crippen LogP contribution in [0, 0.1) is 0 Å². The quantitative estimate of drug-likeness (QED) is 0.692. The molecule has 136 valence electrons. The van der Waals surface area contributed by atoms with E-state index in [0.717, 1.165) is 64.6 Å². The molecular weight excluding hydrogens is 312 g/mol. The Balaban J connectivity index is 1.45. The van der Waals surface area contributed by atoms with Crippen molar-refractivity contribution in [1.82, 2.24) is 0 Å². The normalized spacial score (nSPS) is 33.3. The zero-order valence-electron chi connectivity index (χ0n) is 14.2. The summed E-state index contributed by atoms with van der Waals surface area (Å²) in [5.74, 6) is -0.483.